The molecule has 1 saturated heterocycles. The molecule has 0 bridgehead atoms. The number of hydrogen-bond acceptors (Lipinski definition) is 3. The average molecular weight is 273 g/mol. The summed E-state index contributed by atoms with van der Waals surface area (Å²) in [5, 5.41) is 10.5. The summed E-state index contributed by atoms with van der Waals surface area (Å²) in [5.41, 5.74) is 6.64. The summed E-state index contributed by atoms with van der Waals surface area (Å²) >= 11 is 0. The van der Waals surface area contributed by atoms with Crippen molar-refractivity contribution in [2.24, 2.45) is 5.73 Å². The molecule has 6 nitrogen and oxygen atoms in total. The number of H-pyrrole nitrogens is 1. The first-order valence-corrected chi connectivity index (χ1v) is 6.42. The summed E-state index contributed by atoms with van der Waals surface area (Å²) < 4.78 is 0. The maximum atomic E-state index is 12.6. The number of hydrogen-bond donors (Lipinski definition) is 3. The third kappa shape index (κ3) is 1.94. The SMILES string of the molecule is NC(=O)C1CC(O)CN1C(=O)c1c[nH]c2ccccc12. The van der Waals surface area contributed by atoms with Crippen LogP contribution in [-0.2, 0) is 4.79 Å². The van der Waals surface area contributed by atoms with Crippen molar-refractivity contribution in [1.29, 1.82) is 0 Å². The van der Waals surface area contributed by atoms with E-state index < -0.39 is 18.1 Å². The number of nitrogens with zero attached hydrogens (tertiary/aromatic N) is 1. The van der Waals surface area contributed by atoms with Gasteiger partial charge in [-0.2, -0.15) is 0 Å². The number of β-amino-alcohol motifs (C(OH)–C–C–N with tert-alkyl or cyclic N) is 1. The van der Waals surface area contributed by atoms with E-state index in [-0.39, 0.29) is 18.9 Å². The minimum absolute atomic E-state index is 0.131. The van der Waals surface area contributed by atoms with Crippen molar-refractivity contribution >= 4 is 22.7 Å². The van der Waals surface area contributed by atoms with E-state index in [1.807, 2.05) is 24.3 Å². The van der Waals surface area contributed by atoms with E-state index in [2.05, 4.69) is 4.98 Å². The Morgan fingerprint density at radius 3 is 2.85 bits per heavy atom. The minimum Gasteiger partial charge on any atom is -0.391 e. The number of fused-ring (bicyclic) bond motifs is 1. The van der Waals surface area contributed by atoms with Gasteiger partial charge in [-0.15, -0.1) is 0 Å². The predicted octanol–water partition coefficient (Wildman–Crippen LogP) is 0.229. The van der Waals surface area contributed by atoms with Gasteiger partial charge in [-0.25, -0.2) is 0 Å². The molecule has 20 heavy (non-hydrogen) atoms. The molecule has 2 heterocycles. The first-order chi connectivity index (χ1) is 9.58. The Bertz CT molecular complexity index is 679. The molecule has 2 aromatic rings. The maximum absolute atomic E-state index is 12.6. The Kier molecular flexibility index (Phi) is 2.94. The summed E-state index contributed by atoms with van der Waals surface area (Å²) in [6, 6.07) is 6.68. The lowest BCUT2D eigenvalue weighted by molar-refractivity contribution is -0.121. The number of likely N-dealkylation sites (tertiary alicyclic amines) is 1. The van der Waals surface area contributed by atoms with E-state index >= 15 is 0 Å². The van der Waals surface area contributed by atoms with Gasteiger partial charge in [0, 0.05) is 30.1 Å². The van der Waals surface area contributed by atoms with Gasteiger partial charge < -0.3 is 20.7 Å². The number of primary amides is 1. The maximum Gasteiger partial charge on any atom is 0.256 e. The molecular formula is C14H15N3O3. The summed E-state index contributed by atoms with van der Waals surface area (Å²) in [4.78, 5) is 28.3. The third-order valence-electron chi connectivity index (χ3n) is 3.69. The number of carbonyl (C=O) groups excluding carboxylic acids is 2. The normalized spacial score (nSPS) is 22.4. The zero-order valence-corrected chi connectivity index (χ0v) is 10.7. The van der Waals surface area contributed by atoms with Crippen LogP contribution >= 0.6 is 0 Å². The van der Waals surface area contributed by atoms with Crippen molar-refractivity contribution in [3.8, 4) is 0 Å². The largest absolute Gasteiger partial charge is 0.391 e. The van der Waals surface area contributed by atoms with Crippen molar-refractivity contribution in [2.75, 3.05) is 6.54 Å². The summed E-state index contributed by atoms with van der Waals surface area (Å²) in [5.74, 6) is -0.877. The number of nitrogens with one attached hydrogen (secondary N) is 1. The number of aliphatic hydroxyl groups is 1. The molecule has 0 saturated carbocycles. The Morgan fingerprint density at radius 2 is 2.10 bits per heavy atom. The number of rotatable bonds is 2. The average Bonchev–Trinajstić information content (AvgIpc) is 3.01. The molecule has 0 radical (unpaired) electrons. The molecule has 1 aromatic carbocycles. The van der Waals surface area contributed by atoms with Crippen LogP contribution in [0.4, 0.5) is 0 Å². The van der Waals surface area contributed by atoms with Crippen LogP contribution in [0.5, 0.6) is 0 Å². The Balaban J connectivity index is 1.98. The lowest BCUT2D eigenvalue weighted by atomic mass is 10.1. The molecule has 3 rings (SSSR count). The zero-order valence-electron chi connectivity index (χ0n) is 10.7. The Hall–Kier alpha value is -2.34. The van der Waals surface area contributed by atoms with Crippen LogP contribution in [0.3, 0.4) is 0 Å². The predicted molar refractivity (Wildman–Crippen MR) is 72.9 cm³/mol. The Morgan fingerprint density at radius 1 is 1.35 bits per heavy atom. The highest BCUT2D eigenvalue weighted by molar-refractivity contribution is 6.08. The molecule has 0 spiro atoms. The van der Waals surface area contributed by atoms with Crippen molar-refractivity contribution in [3.63, 3.8) is 0 Å². The fraction of sp³-hybridized carbons (Fsp3) is 0.286. The number of para-hydroxylation sites is 1. The summed E-state index contributed by atoms with van der Waals surface area (Å²) in [7, 11) is 0. The molecule has 1 aliphatic rings. The van der Waals surface area contributed by atoms with Gasteiger partial charge >= 0.3 is 0 Å². The van der Waals surface area contributed by atoms with Gasteiger partial charge in [0.1, 0.15) is 6.04 Å². The van der Waals surface area contributed by atoms with Crippen molar-refractivity contribution < 1.29 is 14.7 Å². The molecule has 1 aliphatic heterocycles. The summed E-state index contributed by atoms with van der Waals surface area (Å²) in [6.45, 7) is 0.131. The van der Waals surface area contributed by atoms with E-state index in [1.54, 1.807) is 6.20 Å². The van der Waals surface area contributed by atoms with Crippen LogP contribution in [0.1, 0.15) is 16.8 Å². The second-order valence-electron chi connectivity index (χ2n) is 5.01. The first-order valence-electron chi connectivity index (χ1n) is 6.42. The van der Waals surface area contributed by atoms with E-state index in [9.17, 15) is 14.7 Å². The van der Waals surface area contributed by atoms with E-state index in [4.69, 9.17) is 5.73 Å². The molecule has 2 unspecified atom stereocenters. The van der Waals surface area contributed by atoms with Crippen LogP contribution in [0.15, 0.2) is 30.5 Å². The summed E-state index contributed by atoms with van der Waals surface area (Å²) in [6.07, 6.45) is 1.11. The monoisotopic (exact) mass is 273 g/mol. The first kappa shape index (κ1) is 12.7. The topological polar surface area (TPSA) is 99.4 Å². The highest BCUT2D eigenvalue weighted by atomic mass is 16.3. The second-order valence-corrected chi connectivity index (χ2v) is 5.01. The molecule has 2 amide bonds. The van der Waals surface area contributed by atoms with Gasteiger partial charge in [0.05, 0.1) is 11.7 Å². The molecule has 1 aromatic heterocycles. The van der Waals surface area contributed by atoms with Crippen LogP contribution < -0.4 is 5.73 Å². The van der Waals surface area contributed by atoms with Gasteiger partial charge in [-0.05, 0) is 6.07 Å². The van der Waals surface area contributed by atoms with Crippen molar-refractivity contribution in [3.05, 3.63) is 36.0 Å². The van der Waals surface area contributed by atoms with Crippen LogP contribution in [0, 0.1) is 0 Å². The van der Waals surface area contributed by atoms with E-state index in [0.717, 1.165) is 10.9 Å². The molecule has 4 N–H and O–H groups in total. The van der Waals surface area contributed by atoms with Gasteiger partial charge in [0.15, 0.2) is 0 Å². The molecule has 0 aliphatic carbocycles. The number of aromatic amines is 1. The quantitative estimate of drug-likeness (QED) is 0.730. The number of amides is 2. The number of aromatic nitrogens is 1. The molecule has 104 valence electrons. The molecule has 2 atom stereocenters. The third-order valence-corrected chi connectivity index (χ3v) is 3.69. The van der Waals surface area contributed by atoms with Crippen molar-refractivity contribution in [1.82, 2.24) is 9.88 Å². The van der Waals surface area contributed by atoms with Crippen LogP contribution in [0.25, 0.3) is 10.9 Å². The van der Waals surface area contributed by atoms with E-state index in [1.165, 1.54) is 4.90 Å². The van der Waals surface area contributed by atoms with Crippen LogP contribution in [0.2, 0.25) is 0 Å². The molecule has 6 heteroatoms. The lowest BCUT2D eigenvalue weighted by Gasteiger charge is -2.21. The van der Waals surface area contributed by atoms with Crippen LogP contribution in [-0.4, -0.2) is 45.5 Å². The molecule has 1 fully saturated rings. The second kappa shape index (κ2) is 4.64. The van der Waals surface area contributed by atoms with Gasteiger partial charge in [0.25, 0.3) is 5.91 Å². The highest BCUT2D eigenvalue weighted by Crippen LogP contribution is 2.24. The zero-order chi connectivity index (χ0) is 14.3. The number of nitrogens with two attached hydrogens (primary N) is 1. The van der Waals surface area contributed by atoms with Gasteiger partial charge in [-0.3, -0.25) is 9.59 Å². The lowest BCUT2D eigenvalue weighted by Crippen LogP contribution is -2.43. The number of carbonyl (C=O) groups is 2. The van der Waals surface area contributed by atoms with Gasteiger partial charge in [-0.1, -0.05) is 18.2 Å². The van der Waals surface area contributed by atoms with Crippen molar-refractivity contribution in [2.45, 2.75) is 18.6 Å². The van der Waals surface area contributed by atoms with E-state index in [0.29, 0.717) is 5.56 Å². The standard InChI is InChI=1S/C14H15N3O3/c15-13(19)12-5-8(18)7-17(12)14(20)10-6-16-11-4-2-1-3-9(10)11/h1-4,6,8,12,16,18H,5,7H2,(H2,15,19). The number of aliphatic hydroxyl groups excluding tert-OH is 1. The smallest absolute Gasteiger partial charge is 0.256 e. The highest BCUT2D eigenvalue weighted by Gasteiger charge is 2.38. The van der Waals surface area contributed by atoms with Gasteiger partial charge in [0.2, 0.25) is 5.91 Å². The Labute approximate surface area is 115 Å². The number of benzene rings is 1. The molecular weight excluding hydrogens is 258 g/mol. The fourth-order valence-corrected chi connectivity index (χ4v) is 2.71. The minimum atomic E-state index is -0.744. The fourth-order valence-electron chi connectivity index (χ4n) is 2.71.